The number of amides is 2. The molecule has 0 unspecified atom stereocenters. The number of likely N-dealkylation sites (N-methyl/N-ethyl adjacent to an activating group) is 1. The van der Waals surface area contributed by atoms with Gasteiger partial charge >= 0.3 is 0 Å². The zero-order chi connectivity index (χ0) is 19.8. The van der Waals surface area contributed by atoms with Gasteiger partial charge in [-0.1, -0.05) is 32.0 Å². The Hall–Kier alpha value is -2.69. The molecule has 2 aromatic rings. The van der Waals surface area contributed by atoms with Crippen LogP contribution in [0.5, 0.6) is 0 Å². The Bertz CT molecular complexity index is 752. The summed E-state index contributed by atoms with van der Waals surface area (Å²) >= 11 is 0. The molecule has 27 heavy (non-hydrogen) atoms. The van der Waals surface area contributed by atoms with Crippen LogP contribution in [0, 0.1) is 0 Å². The first-order valence-electron chi connectivity index (χ1n) is 9.49. The predicted octanol–water partition coefficient (Wildman–Crippen LogP) is 3.26. The van der Waals surface area contributed by atoms with E-state index in [4.69, 9.17) is 0 Å². The van der Waals surface area contributed by atoms with E-state index in [0.29, 0.717) is 6.54 Å². The van der Waals surface area contributed by atoms with Crippen LogP contribution < -0.4 is 4.90 Å². The number of hydrogen-bond donors (Lipinski definition) is 0. The number of anilines is 1. The van der Waals surface area contributed by atoms with Crippen LogP contribution in [0.25, 0.3) is 0 Å². The first kappa shape index (κ1) is 20.6. The summed E-state index contributed by atoms with van der Waals surface area (Å²) in [5.41, 5.74) is 4.22. The van der Waals surface area contributed by atoms with Crippen molar-refractivity contribution in [3.05, 3.63) is 59.4 Å². The summed E-state index contributed by atoms with van der Waals surface area (Å²) in [4.78, 5) is 32.5. The molecule has 1 aromatic heterocycles. The highest BCUT2D eigenvalue weighted by Crippen LogP contribution is 2.27. The Balaban J connectivity index is 2.14. The van der Waals surface area contributed by atoms with Gasteiger partial charge in [-0.25, -0.2) is 0 Å². The minimum Gasteiger partial charge on any atom is -0.344 e. The van der Waals surface area contributed by atoms with Gasteiger partial charge in [0.25, 0.3) is 0 Å². The standard InChI is InChI=1S/C22H29N3O2/c1-5-19-8-7-9-20(6-2)22(19)25(17(3)26)16-21(27)24(4)15-12-18-10-13-23-14-11-18/h7-11,13-14H,5-6,12,15-16H2,1-4H3. The fourth-order valence-electron chi connectivity index (χ4n) is 3.14. The zero-order valence-electron chi connectivity index (χ0n) is 16.7. The number of para-hydroxylation sites is 1. The molecular formula is C22H29N3O2. The average molecular weight is 367 g/mol. The van der Waals surface area contributed by atoms with Crippen LogP contribution in [-0.2, 0) is 28.9 Å². The number of aryl methyl sites for hydroxylation is 2. The number of aromatic nitrogens is 1. The number of carbonyl (C=O) groups is 2. The normalized spacial score (nSPS) is 10.5. The molecule has 2 rings (SSSR count). The van der Waals surface area contributed by atoms with E-state index in [0.717, 1.165) is 41.6 Å². The minimum absolute atomic E-state index is 0.0617. The van der Waals surface area contributed by atoms with E-state index in [9.17, 15) is 9.59 Å². The van der Waals surface area contributed by atoms with Crippen LogP contribution in [-0.4, -0.2) is 41.8 Å². The van der Waals surface area contributed by atoms with Gasteiger partial charge in [0.1, 0.15) is 6.54 Å². The van der Waals surface area contributed by atoms with E-state index >= 15 is 0 Å². The van der Waals surface area contributed by atoms with Crippen molar-refractivity contribution in [2.45, 2.75) is 40.0 Å². The molecule has 0 saturated heterocycles. The van der Waals surface area contributed by atoms with Gasteiger partial charge in [-0.3, -0.25) is 14.6 Å². The maximum Gasteiger partial charge on any atom is 0.242 e. The molecule has 0 aliphatic carbocycles. The molecule has 0 fully saturated rings. The van der Waals surface area contributed by atoms with Crippen LogP contribution >= 0.6 is 0 Å². The van der Waals surface area contributed by atoms with Crippen LogP contribution in [0.15, 0.2) is 42.7 Å². The van der Waals surface area contributed by atoms with Gasteiger partial charge in [-0.05, 0) is 48.1 Å². The van der Waals surface area contributed by atoms with E-state index in [1.807, 2.05) is 30.3 Å². The largest absolute Gasteiger partial charge is 0.344 e. The third-order valence-corrected chi connectivity index (χ3v) is 4.82. The lowest BCUT2D eigenvalue weighted by Gasteiger charge is -2.28. The van der Waals surface area contributed by atoms with Gasteiger partial charge in [0.15, 0.2) is 0 Å². The molecule has 5 nitrogen and oxygen atoms in total. The summed E-state index contributed by atoms with van der Waals surface area (Å²) in [6.45, 7) is 6.32. The number of carbonyl (C=O) groups excluding carboxylic acids is 2. The summed E-state index contributed by atoms with van der Waals surface area (Å²) in [5, 5.41) is 0. The molecule has 144 valence electrons. The van der Waals surface area contributed by atoms with E-state index in [2.05, 4.69) is 18.8 Å². The summed E-state index contributed by atoms with van der Waals surface area (Å²) in [6, 6.07) is 9.97. The summed E-state index contributed by atoms with van der Waals surface area (Å²) < 4.78 is 0. The second kappa shape index (κ2) is 9.86. The van der Waals surface area contributed by atoms with Gasteiger partial charge < -0.3 is 9.80 Å². The Morgan fingerprint density at radius 1 is 1.00 bits per heavy atom. The third-order valence-electron chi connectivity index (χ3n) is 4.82. The molecule has 0 aliphatic heterocycles. The average Bonchev–Trinajstić information content (AvgIpc) is 2.69. The van der Waals surface area contributed by atoms with E-state index in [-0.39, 0.29) is 18.4 Å². The van der Waals surface area contributed by atoms with Gasteiger partial charge in [0, 0.05) is 32.9 Å². The van der Waals surface area contributed by atoms with E-state index in [1.54, 1.807) is 29.2 Å². The maximum atomic E-state index is 12.8. The van der Waals surface area contributed by atoms with Crippen molar-refractivity contribution in [3.8, 4) is 0 Å². The van der Waals surface area contributed by atoms with Crippen LogP contribution in [0.4, 0.5) is 5.69 Å². The lowest BCUT2D eigenvalue weighted by molar-refractivity contribution is -0.130. The molecule has 1 aromatic carbocycles. The van der Waals surface area contributed by atoms with Crippen molar-refractivity contribution in [1.29, 1.82) is 0 Å². The fraction of sp³-hybridized carbons (Fsp3) is 0.409. The highest BCUT2D eigenvalue weighted by molar-refractivity contribution is 5.98. The van der Waals surface area contributed by atoms with Crippen molar-refractivity contribution >= 4 is 17.5 Å². The number of hydrogen-bond acceptors (Lipinski definition) is 3. The maximum absolute atomic E-state index is 12.8. The number of nitrogens with zero attached hydrogens (tertiary/aromatic N) is 3. The molecule has 0 N–H and O–H groups in total. The van der Waals surface area contributed by atoms with Gasteiger partial charge in [-0.15, -0.1) is 0 Å². The summed E-state index contributed by atoms with van der Waals surface area (Å²) in [6.07, 6.45) is 5.90. The minimum atomic E-state index is -0.110. The Kier molecular flexibility index (Phi) is 7.53. The molecular weight excluding hydrogens is 338 g/mol. The molecule has 0 atom stereocenters. The van der Waals surface area contributed by atoms with E-state index < -0.39 is 0 Å². The molecule has 0 saturated carbocycles. The van der Waals surface area contributed by atoms with Crippen LogP contribution in [0.3, 0.4) is 0 Å². The van der Waals surface area contributed by atoms with Crippen LogP contribution in [0.2, 0.25) is 0 Å². The monoisotopic (exact) mass is 367 g/mol. The zero-order valence-corrected chi connectivity index (χ0v) is 16.7. The highest BCUT2D eigenvalue weighted by Gasteiger charge is 2.22. The molecule has 0 aliphatic rings. The van der Waals surface area contributed by atoms with Gasteiger partial charge in [-0.2, -0.15) is 0 Å². The Morgan fingerprint density at radius 3 is 2.11 bits per heavy atom. The van der Waals surface area contributed by atoms with Gasteiger partial charge in [0.2, 0.25) is 11.8 Å². The summed E-state index contributed by atoms with van der Waals surface area (Å²) in [7, 11) is 1.79. The van der Waals surface area contributed by atoms with E-state index in [1.165, 1.54) is 6.92 Å². The highest BCUT2D eigenvalue weighted by atomic mass is 16.2. The first-order chi connectivity index (χ1) is 13.0. The summed E-state index contributed by atoms with van der Waals surface area (Å²) in [5.74, 6) is -0.173. The number of rotatable bonds is 8. The SMILES string of the molecule is CCc1cccc(CC)c1N(CC(=O)N(C)CCc1ccncc1)C(C)=O. The van der Waals surface area contributed by atoms with Crippen molar-refractivity contribution < 1.29 is 9.59 Å². The number of pyridine rings is 1. The topological polar surface area (TPSA) is 53.5 Å². The second-order valence-electron chi connectivity index (χ2n) is 6.66. The second-order valence-corrected chi connectivity index (χ2v) is 6.66. The Labute approximate surface area is 162 Å². The molecule has 5 heteroatoms. The third kappa shape index (κ3) is 5.39. The van der Waals surface area contributed by atoms with Gasteiger partial charge in [0.05, 0.1) is 5.69 Å². The van der Waals surface area contributed by atoms with Crippen molar-refractivity contribution in [3.63, 3.8) is 0 Å². The molecule has 0 bridgehead atoms. The predicted molar refractivity (Wildman–Crippen MR) is 109 cm³/mol. The van der Waals surface area contributed by atoms with Crippen molar-refractivity contribution in [2.24, 2.45) is 0 Å². The Morgan fingerprint density at radius 2 is 1.59 bits per heavy atom. The quantitative estimate of drug-likeness (QED) is 0.720. The lowest BCUT2D eigenvalue weighted by Crippen LogP contribution is -2.42. The van der Waals surface area contributed by atoms with Crippen molar-refractivity contribution in [1.82, 2.24) is 9.88 Å². The molecule has 0 spiro atoms. The lowest BCUT2D eigenvalue weighted by atomic mass is 10.0. The first-order valence-corrected chi connectivity index (χ1v) is 9.49. The fourth-order valence-corrected chi connectivity index (χ4v) is 3.14. The number of benzene rings is 1. The molecule has 1 heterocycles. The molecule has 0 radical (unpaired) electrons. The smallest absolute Gasteiger partial charge is 0.242 e. The van der Waals surface area contributed by atoms with Crippen LogP contribution in [0.1, 0.15) is 37.5 Å². The van der Waals surface area contributed by atoms with Crippen molar-refractivity contribution in [2.75, 3.05) is 25.0 Å². The molecule has 2 amide bonds.